The summed E-state index contributed by atoms with van der Waals surface area (Å²) in [4.78, 5) is 14.1. The molecule has 0 bridgehead atoms. The van der Waals surface area contributed by atoms with Crippen molar-refractivity contribution >= 4 is 6.03 Å². The van der Waals surface area contributed by atoms with Gasteiger partial charge in [-0.05, 0) is 18.4 Å². The molecule has 1 N–H and O–H groups in total. The summed E-state index contributed by atoms with van der Waals surface area (Å²) < 4.78 is 1.82. The summed E-state index contributed by atoms with van der Waals surface area (Å²) in [5, 5.41) is 16.1. The van der Waals surface area contributed by atoms with E-state index in [0.717, 1.165) is 24.6 Å². The zero-order valence-electron chi connectivity index (χ0n) is 12.9. The molecule has 0 aromatic carbocycles. The number of fused-ring (bicyclic) bond motifs is 1. The number of nitrogens with zero attached hydrogens (tertiary/aromatic N) is 4. The molecule has 2 amide bonds. The fourth-order valence-corrected chi connectivity index (χ4v) is 3.47. The van der Waals surface area contributed by atoms with Crippen molar-refractivity contribution in [3.63, 3.8) is 0 Å². The fraction of sp³-hybridized carbons (Fsp3) is 0.688. The van der Waals surface area contributed by atoms with Gasteiger partial charge in [0.25, 0.3) is 0 Å². The first-order valence-electron chi connectivity index (χ1n) is 8.26. The zero-order valence-corrected chi connectivity index (χ0v) is 12.9. The van der Waals surface area contributed by atoms with Gasteiger partial charge in [-0.15, -0.1) is 0 Å². The van der Waals surface area contributed by atoms with Gasteiger partial charge in [-0.25, -0.2) is 4.79 Å². The molecular weight excluding hydrogens is 278 g/mol. The van der Waals surface area contributed by atoms with Crippen LogP contribution in [-0.2, 0) is 13.1 Å². The second kappa shape index (κ2) is 6.82. The number of carbonyl (C=O) groups is 1. The Kier molecular flexibility index (Phi) is 4.62. The molecule has 22 heavy (non-hydrogen) atoms. The number of hydrogen-bond acceptors (Lipinski definition) is 3. The van der Waals surface area contributed by atoms with Crippen molar-refractivity contribution in [1.29, 1.82) is 5.26 Å². The summed E-state index contributed by atoms with van der Waals surface area (Å²) in [6.45, 7) is 2.61. The molecular formula is C16H23N5O. The number of aromatic nitrogens is 2. The van der Waals surface area contributed by atoms with E-state index < -0.39 is 0 Å². The second-order valence-corrected chi connectivity index (χ2v) is 6.30. The Bertz CT molecular complexity index is 568. The molecule has 0 spiro atoms. The number of hydrogen-bond donors (Lipinski definition) is 1. The number of rotatable bonds is 3. The first-order valence-corrected chi connectivity index (χ1v) is 8.26. The lowest BCUT2D eigenvalue weighted by atomic mass is 9.87. The molecule has 1 aromatic rings. The molecule has 0 unspecified atom stereocenters. The summed E-state index contributed by atoms with van der Waals surface area (Å²) in [7, 11) is 0. The minimum atomic E-state index is 0.00164. The molecule has 0 radical (unpaired) electrons. The van der Waals surface area contributed by atoms with Crippen LogP contribution >= 0.6 is 0 Å². The van der Waals surface area contributed by atoms with Crippen LogP contribution in [0.5, 0.6) is 0 Å². The highest BCUT2D eigenvalue weighted by Crippen LogP contribution is 2.25. The summed E-state index contributed by atoms with van der Waals surface area (Å²) in [5.41, 5.74) is 1.36. The van der Waals surface area contributed by atoms with Crippen LogP contribution in [0.15, 0.2) is 6.07 Å². The van der Waals surface area contributed by atoms with Gasteiger partial charge in [0.1, 0.15) is 6.07 Å². The van der Waals surface area contributed by atoms with Gasteiger partial charge in [0.2, 0.25) is 0 Å². The summed E-state index contributed by atoms with van der Waals surface area (Å²) in [6.07, 6.45) is 7.78. The molecule has 6 nitrogen and oxygen atoms in total. The molecule has 1 saturated carbocycles. The third-order valence-corrected chi connectivity index (χ3v) is 4.75. The first-order chi connectivity index (χ1) is 10.8. The quantitative estimate of drug-likeness (QED) is 0.930. The lowest BCUT2D eigenvalue weighted by Crippen LogP contribution is -2.44. The zero-order chi connectivity index (χ0) is 15.4. The smallest absolute Gasteiger partial charge is 0.317 e. The van der Waals surface area contributed by atoms with E-state index in [0.29, 0.717) is 25.3 Å². The van der Waals surface area contributed by atoms with E-state index in [1.807, 2.05) is 10.8 Å². The van der Waals surface area contributed by atoms with Gasteiger partial charge in [0.05, 0.1) is 18.8 Å². The molecule has 0 atom stereocenters. The van der Waals surface area contributed by atoms with Crippen molar-refractivity contribution in [2.24, 2.45) is 5.92 Å². The average Bonchev–Trinajstić information content (AvgIpc) is 2.98. The number of nitriles is 1. The molecule has 1 fully saturated rings. The average molecular weight is 301 g/mol. The highest BCUT2D eigenvalue weighted by Gasteiger charge is 2.22. The van der Waals surface area contributed by atoms with Gasteiger partial charge in [-0.3, -0.25) is 4.68 Å². The van der Waals surface area contributed by atoms with E-state index in [1.54, 1.807) is 11.0 Å². The Morgan fingerprint density at radius 3 is 2.95 bits per heavy atom. The van der Waals surface area contributed by atoms with Gasteiger partial charge in [-0.2, -0.15) is 10.4 Å². The first kappa shape index (κ1) is 14.9. The minimum Gasteiger partial charge on any atom is -0.338 e. The SMILES string of the molecule is N#Cc1cc2n(n1)CCN(C(=O)NCCC1CCCCC1)C2. The standard InChI is InChI=1S/C16H23N5O/c17-11-14-10-15-12-20(8-9-21(15)19-14)16(22)18-7-6-13-4-2-1-3-5-13/h10,13H,1-9,12H2,(H,18,22). The van der Waals surface area contributed by atoms with Gasteiger partial charge >= 0.3 is 6.03 Å². The molecule has 1 aliphatic carbocycles. The van der Waals surface area contributed by atoms with Crippen molar-refractivity contribution in [2.75, 3.05) is 13.1 Å². The predicted octanol–water partition coefficient (Wildman–Crippen LogP) is 2.25. The Morgan fingerprint density at radius 2 is 2.18 bits per heavy atom. The van der Waals surface area contributed by atoms with Gasteiger partial charge in [0, 0.05) is 13.1 Å². The maximum atomic E-state index is 12.2. The maximum Gasteiger partial charge on any atom is 0.317 e. The van der Waals surface area contributed by atoms with Crippen LogP contribution in [0.25, 0.3) is 0 Å². The monoisotopic (exact) mass is 301 g/mol. The van der Waals surface area contributed by atoms with Crippen LogP contribution in [0.3, 0.4) is 0 Å². The lowest BCUT2D eigenvalue weighted by molar-refractivity contribution is 0.180. The largest absolute Gasteiger partial charge is 0.338 e. The summed E-state index contributed by atoms with van der Waals surface area (Å²) >= 11 is 0. The summed E-state index contributed by atoms with van der Waals surface area (Å²) in [6, 6.07) is 3.81. The van der Waals surface area contributed by atoms with Crippen LogP contribution in [0.1, 0.15) is 49.9 Å². The summed E-state index contributed by atoms with van der Waals surface area (Å²) in [5.74, 6) is 0.787. The number of carbonyl (C=O) groups excluding carboxylic acids is 1. The molecule has 6 heteroatoms. The highest BCUT2D eigenvalue weighted by molar-refractivity contribution is 5.74. The van der Waals surface area contributed by atoms with E-state index in [4.69, 9.17) is 5.26 Å². The van der Waals surface area contributed by atoms with E-state index in [2.05, 4.69) is 10.4 Å². The van der Waals surface area contributed by atoms with Crippen LogP contribution in [-0.4, -0.2) is 33.8 Å². The Balaban J connectivity index is 1.46. The van der Waals surface area contributed by atoms with Crippen molar-refractivity contribution in [2.45, 2.75) is 51.6 Å². The van der Waals surface area contributed by atoms with Crippen molar-refractivity contribution in [3.05, 3.63) is 17.5 Å². The van der Waals surface area contributed by atoms with E-state index in [9.17, 15) is 4.79 Å². The fourth-order valence-electron chi connectivity index (χ4n) is 3.47. The van der Waals surface area contributed by atoms with Crippen molar-refractivity contribution in [1.82, 2.24) is 20.0 Å². The second-order valence-electron chi connectivity index (χ2n) is 6.30. The van der Waals surface area contributed by atoms with Gasteiger partial charge in [0.15, 0.2) is 5.69 Å². The Hall–Kier alpha value is -2.03. The predicted molar refractivity (Wildman–Crippen MR) is 81.9 cm³/mol. The Morgan fingerprint density at radius 1 is 1.36 bits per heavy atom. The van der Waals surface area contributed by atoms with Gasteiger partial charge < -0.3 is 10.2 Å². The molecule has 3 rings (SSSR count). The van der Waals surface area contributed by atoms with Crippen LogP contribution < -0.4 is 5.32 Å². The number of amides is 2. The molecule has 1 aromatic heterocycles. The van der Waals surface area contributed by atoms with Crippen molar-refractivity contribution in [3.8, 4) is 6.07 Å². The van der Waals surface area contributed by atoms with Gasteiger partial charge in [-0.1, -0.05) is 32.1 Å². The van der Waals surface area contributed by atoms with Crippen LogP contribution in [0.4, 0.5) is 4.79 Å². The number of nitrogens with one attached hydrogen (secondary N) is 1. The molecule has 2 aliphatic rings. The van der Waals surface area contributed by atoms with Crippen LogP contribution in [0, 0.1) is 17.2 Å². The van der Waals surface area contributed by atoms with E-state index >= 15 is 0 Å². The van der Waals surface area contributed by atoms with Crippen molar-refractivity contribution < 1.29 is 4.79 Å². The maximum absolute atomic E-state index is 12.2. The minimum absolute atomic E-state index is 0.00164. The van der Waals surface area contributed by atoms with E-state index in [1.165, 1.54) is 32.1 Å². The molecule has 0 saturated heterocycles. The third-order valence-electron chi connectivity index (χ3n) is 4.75. The van der Waals surface area contributed by atoms with Crippen LogP contribution in [0.2, 0.25) is 0 Å². The lowest BCUT2D eigenvalue weighted by Gasteiger charge is -2.28. The van der Waals surface area contributed by atoms with E-state index in [-0.39, 0.29) is 6.03 Å². The topological polar surface area (TPSA) is 74.0 Å². The molecule has 1 aliphatic heterocycles. The molecule has 118 valence electrons. The Labute approximate surface area is 131 Å². The normalized spacial score (nSPS) is 18.6. The molecule has 2 heterocycles. The number of urea groups is 1. The third kappa shape index (κ3) is 3.41. The highest BCUT2D eigenvalue weighted by atomic mass is 16.2.